The fourth-order valence-corrected chi connectivity index (χ4v) is 7.63. The Morgan fingerprint density at radius 1 is 1.22 bits per heavy atom. The number of anilines is 1. The van der Waals surface area contributed by atoms with Gasteiger partial charge in [0.15, 0.2) is 12.7 Å². The van der Waals surface area contributed by atoms with E-state index in [-0.39, 0.29) is 23.9 Å². The first-order valence-electron chi connectivity index (χ1n) is 11.3. The molecule has 37 heavy (non-hydrogen) atoms. The average Bonchev–Trinajstić information content (AvgIpc) is 3.50. The predicted octanol–water partition coefficient (Wildman–Crippen LogP) is 1.05. The molecular formula is C26H23Cl2N3O3S3. The van der Waals surface area contributed by atoms with Crippen LogP contribution in [0.3, 0.4) is 0 Å². The molecule has 192 valence electrons. The topological polar surface area (TPSA) is 55.4 Å². The Balaban J connectivity index is 0.00000320. The molecule has 2 aromatic heterocycles. The van der Waals surface area contributed by atoms with Crippen molar-refractivity contribution in [3.8, 4) is 5.75 Å². The molecule has 1 aliphatic rings. The molecule has 0 atom stereocenters. The molecule has 0 aliphatic carbocycles. The third-order valence-corrected chi connectivity index (χ3v) is 9.30. The minimum Gasteiger partial charge on any atom is -1.00 e. The maximum absolute atomic E-state index is 13.4. The molecular weight excluding hydrogens is 569 g/mol. The van der Waals surface area contributed by atoms with Crippen LogP contribution in [0.5, 0.6) is 5.75 Å². The van der Waals surface area contributed by atoms with E-state index >= 15 is 0 Å². The maximum Gasteiger partial charge on any atom is 0.308 e. The van der Waals surface area contributed by atoms with Crippen molar-refractivity contribution in [1.82, 2.24) is 4.57 Å². The molecule has 0 amide bonds. The molecule has 6 nitrogen and oxygen atoms in total. The van der Waals surface area contributed by atoms with Gasteiger partial charge in [0.2, 0.25) is 0 Å². The van der Waals surface area contributed by atoms with E-state index in [2.05, 4.69) is 15.5 Å². The number of esters is 1. The lowest BCUT2D eigenvalue weighted by atomic mass is 10.2. The molecule has 0 unspecified atom stereocenters. The lowest BCUT2D eigenvalue weighted by Crippen LogP contribution is -3.00. The van der Waals surface area contributed by atoms with E-state index in [1.165, 1.54) is 18.3 Å². The van der Waals surface area contributed by atoms with E-state index in [1.807, 2.05) is 66.5 Å². The van der Waals surface area contributed by atoms with Gasteiger partial charge < -0.3 is 22.0 Å². The van der Waals surface area contributed by atoms with E-state index in [4.69, 9.17) is 16.3 Å². The van der Waals surface area contributed by atoms with Gasteiger partial charge in [-0.25, -0.2) is 0 Å². The van der Waals surface area contributed by atoms with Crippen molar-refractivity contribution in [3.63, 3.8) is 0 Å². The van der Waals surface area contributed by atoms with Crippen LogP contribution in [-0.2, 0) is 17.9 Å². The maximum atomic E-state index is 13.4. The third-order valence-electron chi connectivity index (χ3n) is 5.74. The third kappa shape index (κ3) is 5.51. The molecule has 0 saturated heterocycles. The molecule has 3 heterocycles. The lowest BCUT2D eigenvalue weighted by Gasteiger charge is -2.12. The quantitative estimate of drug-likeness (QED) is 0.197. The van der Waals surface area contributed by atoms with Gasteiger partial charge in [-0.3, -0.25) is 14.2 Å². The lowest BCUT2D eigenvalue weighted by molar-refractivity contribution is -0.685. The number of hydrogen-bond donors (Lipinski definition) is 0. The van der Waals surface area contributed by atoms with E-state index in [9.17, 15) is 9.59 Å². The Morgan fingerprint density at radius 2 is 2.00 bits per heavy atom. The van der Waals surface area contributed by atoms with Gasteiger partial charge in [-0.2, -0.15) is 4.57 Å². The Morgan fingerprint density at radius 3 is 2.76 bits per heavy atom. The number of para-hydroxylation sites is 1. The van der Waals surface area contributed by atoms with Crippen molar-refractivity contribution in [2.45, 2.75) is 31.8 Å². The number of nitrogens with zero attached hydrogens (tertiary/aromatic N) is 3. The second-order valence-electron chi connectivity index (χ2n) is 8.11. The molecule has 5 rings (SSSR count). The Labute approximate surface area is 237 Å². The number of halogens is 2. The smallest absolute Gasteiger partial charge is 0.308 e. The largest absolute Gasteiger partial charge is 1.00 e. The first-order chi connectivity index (χ1) is 17.4. The number of aromatic nitrogens is 2. The molecule has 0 spiro atoms. The fourth-order valence-electron chi connectivity index (χ4n) is 4.04. The first-order valence-corrected chi connectivity index (χ1v) is 14.1. The zero-order valence-electron chi connectivity index (χ0n) is 20.2. The molecule has 0 saturated carbocycles. The van der Waals surface area contributed by atoms with Crippen LogP contribution in [0.15, 0.2) is 63.7 Å². The summed E-state index contributed by atoms with van der Waals surface area (Å²) in [5, 5.41) is 4.60. The van der Waals surface area contributed by atoms with Gasteiger partial charge in [0.05, 0.1) is 22.7 Å². The van der Waals surface area contributed by atoms with Crippen LogP contribution in [0.1, 0.15) is 24.4 Å². The van der Waals surface area contributed by atoms with Crippen LogP contribution >= 0.6 is 46.0 Å². The van der Waals surface area contributed by atoms with Crippen LogP contribution in [0.2, 0.25) is 5.02 Å². The summed E-state index contributed by atoms with van der Waals surface area (Å²) in [6.07, 6.45) is 4.06. The Kier molecular flexibility index (Phi) is 8.50. The van der Waals surface area contributed by atoms with E-state index < -0.39 is 0 Å². The first kappa shape index (κ1) is 27.5. The van der Waals surface area contributed by atoms with Crippen LogP contribution in [0.25, 0.3) is 11.1 Å². The van der Waals surface area contributed by atoms with Crippen LogP contribution in [0.4, 0.5) is 5.69 Å². The number of hydrogen-bond acceptors (Lipinski definition) is 7. The summed E-state index contributed by atoms with van der Waals surface area (Å²) in [4.78, 5) is 28.1. The van der Waals surface area contributed by atoms with Gasteiger partial charge in [-0.15, -0.1) is 11.3 Å². The van der Waals surface area contributed by atoms with Crippen molar-refractivity contribution < 1.29 is 26.5 Å². The molecule has 0 fully saturated rings. The van der Waals surface area contributed by atoms with Crippen molar-refractivity contribution >= 4 is 68.8 Å². The van der Waals surface area contributed by atoms with Crippen molar-refractivity contribution in [1.29, 1.82) is 0 Å². The molecule has 0 radical (unpaired) electrons. The summed E-state index contributed by atoms with van der Waals surface area (Å²) in [5.41, 5.74) is 1.95. The Hall–Kier alpha value is -2.56. The number of carbonyl (C=O) groups excluding carboxylic acids is 1. The standard InChI is InChI=1S/C26H23ClN3O3S3.ClH/c1-4-30-23(36-24(25(30)32)26-28(3)19-10-9-18(27)13-21(19)35-26)14-22-29(11-12-34-22)15-17-7-5-6-8-20(17)33-16(2)31;/h5-14H,4,15H2,1-3H3;1H/q+1;/p-1/b26-24+;. The van der Waals surface area contributed by atoms with Crippen molar-refractivity contribution in [2.75, 3.05) is 11.9 Å². The fraction of sp³-hybridized carbons (Fsp3) is 0.192. The number of benzene rings is 2. The summed E-state index contributed by atoms with van der Waals surface area (Å²) in [6, 6.07) is 13.3. The van der Waals surface area contributed by atoms with Crippen LogP contribution in [0, 0.1) is 0 Å². The number of rotatable bonds is 5. The van der Waals surface area contributed by atoms with Gasteiger partial charge in [0.1, 0.15) is 20.0 Å². The number of thioether (sulfide) groups is 1. The van der Waals surface area contributed by atoms with Crippen molar-refractivity contribution in [2.24, 2.45) is 0 Å². The monoisotopic (exact) mass is 591 g/mol. The molecule has 2 aromatic carbocycles. The minimum atomic E-state index is -0.348. The number of fused-ring (bicyclic) bond motifs is 1. The summed E-state index contributed by atoms with van der Waals surface area (Å²) in [5.74, 6) is 0.204. The van der Waals surface area contributed by atoms with Crippen LogP contribution in [-0.4, -0.2) is 17.6 Å². The zero-order valence-corrected chi connectivity index (χ0v) is 24.2. The predicted molar refractivity (Wildman–Crippen MR) is 148 cm³/mol. The zero-order chi connectivity index (χ0) is 25.4. The van der Waals surface area contributed by atoms with Gasteiger partial charge >= 0.3 is 5.97 Å². The van der Waals surface area contributed by atoms with E-state index in [1.54, 1.807) is 29.2 Å². The highest BCUT2D eigenvalue weighted by Crippen LogP contribution is 2.46. The van der Waals surface area contributed by atoms with Gasteiger partial charge in [-0.05, 0) is 37.3 Å². The molecule has 4 aromatic rings. The van der Waals surface area contributed by atoms with Gasteiger partial charge in [-0.1, -0.05) is 46.8 Å². The second kappa shape index (κ2) is 11.4. The molecule has 11 heteroatoms. The average molecular weight is 593 g/mol. The summed E-state index contributed by atoms with van der Waals surface area (Å²) >= 11 is 10.9. The number of ether oxygens (including phenoxy) is 1. The number of thiazole rings is 2. The van der Waals surface area contributed by atoms with Gasteiger partial charge in [0, 0.05) is 30.4 Å². The molecule has 0 bridgehead atoms. The normalized spacial score (nSPS) is 14.5. The number of carbonyl (C=O) groups is 1. The highest BCUT2D eigenvalue weighted by molar-refractivity contribution is 8.08. The minimum absolute atomic E-state index is 0. The van der Waals surface area contributed by atoms with Gasteiger partial charge in [0.25, 0.3) is 10.6 Å². The summed E-state index contributed by atoms with van der Waals surface area (Å²) in [7, 11) is 1.98. The molecule has 0 N–H and O–H groups in total. The highest BCUT2D eigenvalue weighted by Gasteiger charge is 2.25. The van der Waals surface area contributed by atoms with Crippen LogP contribution < -0.4 is 41.4 Å². The summed E-state index contributed by atoms with van der Waals surface area (Å²) in [6.45, 7) is 4.50. The van der Waals surface area contributed by atoms with E-state index in [0.717, 1.165) is 30.8 Å². The van der Waals surface area contributed by atoms with E-state index in [0.29, 0.717) is 28.4 Å². The Bertz CT molecular complexity index is 1660. The highest BCUT2D eigenvalue weighted by atomic mass is 35.5. The SMILES string of the molecule is CCn1c(=O)/c(=C2\Sc3cc(Cl)ccc3N2C)s/c1=C\c1scc[n+]1Cc1ccccc1OC(C)=O.[Cl-]. The van der Waals surface area contributed by atoms with Crippen molar-refractivity contribution in [3.05, 3.63) is 89.2 Å². The molecule has 1 aliphatic heterocycles. The summed E-state index contributed by atoms with van der Waals surface area (Å²) < 4.78 is 10.9. The second-order valence-corrected chi connectivity index (χ2v) is 11.5.